The summed E-state index contributed by atoms with van der Waals surface area (Å²) in [6.07, 6.45) is 0. The molecule has 0 radical (unpaired) electrons. The molecular weight excluding hydrogens is 406 g/mol. The lowest BCUT2D eigenvalue weighted by Crippen LogP contribution is -2.52. The van der Waals surface area contributed by atoms with Crippen LogP contribution in [0.15, 0.2) is 33.7 Å². The van der Waals surface area contributed by atoms with Crippen LogP contribution in [0.25, 0.3) is 0 Å². The molecule has 0 aliphatic carbocycles. The maximum Gasteiger partial charge on any atom is 0.194 e. The highest BCUT2D eigenvalue weighted by Crippen LogP contribution is 2.23. The van der Waals surface area contributed by atoms with Crippen LogP contribution in [0.5, 0.6) is 0 Å². The molecule has 1 fully saturated rings. The molecule has 0 bridgehead atoms. The van der Waals surface area contributed by atoms with E-state index in [0.717, 1.165) is 48.3 Å². The molecule has 1 saturated heterocycles. The Morgan fingerprint density at radius 1 is 1.19 bits per heavy atom. The van der Waals surface area contributed by atoms with E-state index in [2.05, 4.69) is 77.4 Å². The van der Waals surface area contributed by atoms with Crippen molar-refractivity contribution in [3.63, 3.8) is 0 Å². The predicted molar refractivity (Wildman–Crippen MR) is 112 cm³/mol. The first-order chi connectivity index (χ1) is 13.0. The number of guanidine groups is 1. The van der Waals surface area contributed by atoms with Gasteiger partial charge >= 0.3 is 0 Å². The topological polar surface area (TPSA) is 61.6 Å². The summed E-state index contributed by atoms with van der Waals surface area (Å²) in [5, 5.41) is 11.7. The van der Waals surface area contributed by atoms with E-state index in [9.17, 15) is 0 Å². The van der Waals surface area contributed by atoms with Crippen LogP contribution >= 0.6 is 15.9 Å². The van der Waals surface area contributed by atoms with Gasteiger partial charge in [0.25, 0.3) is 0 Å². The second-order valence-electron chi connectivity index (χ2n) is 6.87. The Bertz CT molecular complexity index is 776. The first kappa shape index (κ1) is 19.8. The molecule has 1 aliphatic rings. The van der Waals surface area contributed by atoms with Crippen molar-refractivity contribution in [1.82, 2.24) is 29.9 Å². The van der Waals surface area contributed by atoms with E-state index in [-0.39, 0.29) is 0 Å². The average molecular weight is 434 g/mol. The Hall–Kier alpha value is -1.93. The molecule has 1 aromatic heterocycles. The van der Waals surface area contributed by atoms with Gasteiger partial charge in [-0.25, -0.2) is 0 Å². The molecule has 3 rings (SSSR count). The number of piperazine rings is 1. The van der Waals surface area contributed by atoms with E-state index >= 15 is 0 Å². The number of rotatable bonds is 4. The average Bonchev–Trinajstić information content (AvgIpc) is 3.01. The van der Waals surface area contributed by atoms with Crippen LogP contribution in [0.2, 0.25) is 0 Å². The highest BCUT2D eigenvalue weighted by Gasteiger charge is 2.24. The van der Waals surface area contributed by atoms with Gasteiger partial charge in [-0.2, -0.15) is 0 Å². The molecule has 1 aliphatic heterocycles. The SMILES string of the molecule is CN=C(NCc1nnc(C)n1C)N1CCN(C(C)c2ccc(Br)cc2)CC1. The van der Waals surface area contributed by atoms with Crippen molar-refractivity contribution >= 4 is 21.9 Å². The molecule has 1 N–H and O–H groups in total. The van der Waals surface area contributed by atoms with Gasteiger partial charge in [0, 0.05) is 50.8 Å². The summed E-state index contributed by atoms with van der Waals surface area (Å²) < 4.78 is 3.12. The molecule has 1 unspecified atom stereocenters. The fourth-order valence-electron chi connectivity index (χ4n) is 3.37. The lowest BCUT2D eigenvalue weighted by molar-refractivity contribution is 0.138. The van der Waals surface area contributed by atoms with Crippen molar-refractivity contribution in [2.24, 2.45) is 12.0 Å². The van der Waals surface area contributed by atoms with Crippen molar-refractivity contribution in [1.29, 1.82) is 0 Å². The highest BCUT2D eigenvalue weighted by molar-refractivity contribution is 9.10. The minimum Gasteiger partial charge on any atom is -0.349 e. The van der Waals surface area contributed by atoms with Crippen molar-refractivity contribution < 1.29 is 0 Å². The minimum absolute atomic E-state index is 0.414. The number of benzene rings is 1. The first-order valence-electron chi connectivity index (χ1n) is 9.29. The number of aromatic nitrogens is 3. The maximum absolute atomic E-state index is 4.45. The van der Waals surface area contributed by atoms with Gasteiger partial charge in [-0.3, -0.25) is 9.89 Å². The zero-order valence-corrected chi connectivity index (χ0v) is 18.1. The number of hydrogen-bond acceptors (Lipinski definition) is 4. The molecule has 2 heterocycles. The van der Waals surface area contributed by atoms with Crippen LogP contribution in [-0.4, -0.2) is 63.8 Å². The fourth-order valence-corrected chi connectivity index (χ4v) is 3.63. The molecule has 7 nitrogen and oxygen atoms in total. The Balaban J connectivity index is 1.54. The zero-order chi connectivity index (χ0) is 19.4. The Morgan fingerprint density at radius 2 is 1.85 bits per heavy atom. The molecule has 0 spiro atoms. The van der Waals surface area contributed by atoms with E-state index in [4.69, 9.17) is 0 Å². The van der Waals surface area contributed by atoms with Gasteiger partial charge in [0.1, 0.15) is 5.82 Å². The Labute approximate surface area is 169 Å². The van der Waals surface area contributed by atoms with Crippen LogP contribution in [0.3, 0.4) is 0 Å². The molecule has 8 heteroatoms. The summed E-state index contributed by atoms with van der Waals surface area (Å²) in [4.78, 5) is 9.29. The van der Waals surface area contributed by atoms with Crippen LogP contribution in [0, 0.1) is 6.92 Å². The quantitative estimate of drug-likeness (QED) is 0.592. The van der Waals surface area contributed by atoms with Crippen molar-refractivity contribution in [3.05, 3.63) is 46.0 Å². The second-order valence-corrected chi connectivity index (χ2v) is 7.79. The molecule has 1 aromatic carbocycles. The molecule has 146 valence electrons. The third-order valence-corrected chi connectivity index (χ3v) is 5.84. The van der Waals surface area contributed by atoms with Gasteiger partial charge < -0.3 is 14.8 Å². The molecule has 1 atom stereocenters. The lowest BCUT2D eigenvalue weighted by atomic mass is 10.1. The van der Waals surface area contributed by atoms with Gasteiger partial charge in [-0.1, -0.05) is 28.1 Å². The summed E-state index contributed by atoms with van der Waals surface area (Å²) in [6.45, 7) is 8.80. The van der Waals surface area contributed by atoms with E-state index in [0.29, 0.717) is 12.6 Å². The van der Waals surface area contributed by atoms with E-state index in [1.54, 1.807) is 0 Å². The zero-order valence-electron chi connectivity index (χ0n) is 16.5. The fraction of sp³-hybridized carbons (Fsp3) is 0.526. The second kappa shape index (κ2) is 8.84. The number of nitrogens with zero attached hydrogens (tertiary/aromatic N) is 6. The van der Waals surface area contributed by atoms with Gasteiger partial charge in [-0.05, 0) is 31.5 Å². The largest absolute Gasteiger partial charge is 0.349 e. The molecule has 0 amide bonds. The normalized spacial score (nSPS) is 17.2. The summed E-state index contributed by atoms with van der Waals surface area (Å²) in [5.41, 5.74) is 1.35. The number of aliphatic imine (C=N–C) groups is 1. The molecule has 0 saturated carbocycles. The van der Waals surface area contributed by atoms with Gasteiger partial charge in [0.15, 0.2) is 11.8 Å². The van der Waals surface area contributed by atoms with Crippen LogP contribution in [-0.2, 0) is 13.6 Å². The van der Waals surface area contributed by atoms with E-state index in [1.165, 1.54) is 5.56 Å². The Kier molecular flexibility index (Phi) is 6.49. The number of halogens is 1. The predicted octanol–water partition coefficient (Wildman–Crippen LogP) is 2.34. The van der Waals surface area contributed by atoms with Crippen LogP contribution < -0.4 is 5.32 Å². The summed E-state index contributed by atoms with van der Waals surface area (Å²) in [5.74, 6) is 2.75. The van der Waals surface area contributed by atoms with E-state index in [1.807, 2.05) is 25.6 Å². The minimum atomic E-state index is 0.414. The maximum atomic E-state index is 4.45. The van der Waals surface area contributed by atoms with Crippen molar-refractivity contribution in [2.45, 2.75) is 26.4 Å². The summed E-state index contributed by atoms with van der Waals surface area (Å²) in [6, 6.07) is 9.04. The summed E-state index contributed by atoms with van der Waals surface area (Å²) in [7, 11) is 3.82. The smallest absolute Gasteiger partial charge is 0.194 e. The van der Waals surface area contributed by atoms with Crippen molar-refractivity contribution in [2.75, 3.05) is 33.2 Å². The van der Waals surface area contributed by atoms with Gasteiger partial charge in [0.05, 0.1) is 6.54 Å². The lowest BCUT2D eigenvalue weighted by Gasteiger charge is -2.39. The Morgan fingerprint density at radius 3 is 2.41 bits per heavy atom. The monoisotopic (exact) mass is 433 g/mol. The van der Waals surface area contributed by atoms with Gasteiger partial charge in [-0.15, -0.1) is 10.2 Å². The molecule has 27 heavy (non-hydrogen) atoms. The highest BCUT2D eigenvalue weighted by atomic mass is 79.9. The molecule has 2 aromatic rings. The third-order valence-electron chi connectivity index (χ3n) is 5.31. The molecular formula is C19H28BrN7. The van der Waals surface area contributed by atoms with Gasteiger partial charge in [0.2, 0.25) is 0 Å². The van der Waals surface area contributed by atoms with Crippen LogP contribution in [0.1, 0.15) is 30.2 Å². The van der Waals surface area contributed by atoms with E-state index < -0.39 is 0 Å². The van der Waals surface area contributed by atoms with Crippen molar-refractivity contribution in [3.8, 4) is 0 Å². The van der Waals surface area contributed by atoms with Crippen LogP contribution in [0.4, 0.5) is 0 Å². The first-order valence-corrected chi connectivity index (χ1v) is 10.1. The number of nitrogens with one attached hydrogen (secondary N) is 1. The number of aryl methyl sites for hydroxylation is 1. The summed E-state index contributed by atoms with van der Waals surface area (Å²) >= 11 is 3.51. The number of hydrogen-bond donors (Lipinski definition) is 1. The standard InChI is InChI=1S/C19H28BrN7/c1-14(16-5-7-17(20)8-6-16)26-9-11-27(12-10-26)19(21-3)22-13-18-24-23-15(2)25(18)4/h5-8,14H,9-13H2,1-4H3,(H,21,22). The third kappa shape index (κ3) is 4.68.